The molecule has 4 rings (SSSR count). The van der Waals surface area contributed by atoms with Gasteiger partial charge in [-0.05, 0) is 57.2 Å². The number of nitrogens with one attached hydrogen (secondary N) is 1. The van der Waals surface area contributed by atoms with Gasteiger partial charge in [-0.25, -0.2) is 9.59 Å². The Bertz CT molecular complexity index is 985. The first-order valence-electron chi connectivity index (χ1n) is 9.68. The molecule has 1 N–H and O–H groups in total. The fourth-order valence-electron chi connectivity index (χ4n) is 3.94. The number of benzene rings is 1. The van der Waals surface area contributed by atoms with Crippen LogP contribution in [0, 0.1) is 6.92 Å². The van der Waals surface area contributed by atoms with Crippen LogP contribution in [-0.4, -0.2) is 47.0 Å². The van der Waals surface area contributed by atoms with Crippen molar-refractivity contribution in [3.8, 4) is 0 Å². The first kappa shape index (κ1) is 18.4. The van der Waals surface area contributed by atoms with Crippen molar-refractivity contribution in [1.29, 1.82) is 0 Å². The molecule has 0 saturated carbocycles. The fraction of sp³-hybridized carbons (Fsp3) is 0.429. The number of urea groups is 1. The third-order valence-electron chi connectivity index (χ3n) is 5.38. The number of esters is 1. The van der Waals surface area contributed by atoms with Gasteiger partial charge in [0.2, 0.25) is 0 Å². The lowest BCUT2D eigenvalue weighted by Crippen LogP contribution is -2.42. The molecule has 1 atom stereocenters. The highest BCUT2D eigenvalue weighted by molar-refractivity contribution is 6.06. The van der Waals surface area contributed by atoms with Crippen molar-refractivity contribution < 1.29 is 19.1 Å². The number of aryl methyl sites for hydroxylation is 2. The van der Waals surface area contributed by atoms with Gasteiger partial charge in [0.25, 0.3) is 5.91 Å². The minimum absolute atomic E-state index is 0.284. The van der Waals surface area contributed by atoms with Gasteiger partial charge in [0.05, 0.1) is 11.1 Å². The summed E-state index contributed by atoms with van der Waals surface area (Å²) < 4.78 is 5.54. The zero-order chi connectivity index (χ0) is 19.8. The largest absolute Gasteiger partial charge is 0.449 e. The van der Waals surface area contributed by atoms with Crippen LogP contribution in [0.3, 0.4) is 0 Å². The summed E-state index contributed by atoms with van der Waals surface area (Å²) >= 11 is 0. The maximum absolute atomic E-state index is 13.1. The average Bonchev–Trinajstić information content (AvgIpc) is 3.11. The number of carbonyl (C=O) groups is 3. The lowest BCUT2D eigenvalue weighted by Gasteiger charge is -2.22. The molecule has 0 spiro atoms. The SMILES string of the molecule is Cc1ccc2nc3c(c(C(=O)OC(C)C(=O)N4CCNC4=O)c2c1)CCCC3. The maximum Gasteiger partial charge on any atom is 0.339 e. The number of aromatic nitrogens is 1. The van der Waals surface area contributed by atoms with Crippen molar-refractivity contribution in [1.82, 2.24) is 15.2 Å². The Morgan fingerprint density at radius 3 is 2.79 bits per heavy atom. The summed E-state index contributed by atoms with van der Waals surface area (Å²) in [5.41, 5.74) is 4.15. The Morgan fingerprint density at radius 2 is 2.04 bits per heavy atom. The van der Waals surface area contributed by atoms with Crippen molar-refractivity contribution in [3.05, 3.63) is 40.6 Å². The van der Waals surface area contributed by atoms with Crippen LogP contribution in [0.4, 0.5) is 4.79 Å². The van der Waals surface area contributed by atoms with Gasteiger partial charge in [0, 0.05) is 24.2 Å². The van der Waals surface area contributed by atoms with Crippen molar-refractivity contribution >= 4 is 28.8 Å². The highest BCUT2D eigenvalue weighted by Crippen LogP contribution is 2.30. The summed E-state index contributed by atoms with van der Waals surface area (Å²) in [5.74, 6) is -1.04. The third-order valence-corrected chi connectivity index (χ3v) is 5.38. The highest BCUT2D eigenvalue weighted by Gasteiger charge is 2.33. The minimum Gasteiger partial charge on any atom is -0.449 e. The van der Waals surface area contributed by atoms with E-state index in [4.69, 9.17) is 9.72 Å². The number of pyridine rings is 1. The zero-order valence-corrected chi connectivity index (χ0v) is 16.1. The third kappa shape index (κ3) is 3.21. The molecule has 0 radical (unpaired) electrons. The quantitative estimate of drug-likeness (QED) is 0.826. The molecule has 1 aliphatic carbocycles. The summed E-state index contributed by atoms with van der Waals surface area (Å²) in [6.07, 6.45) is 2.61. The first-order chi connectivity index (χ1) is 13.5. The Labute approximate surface area is 163 Å². The molecule has 146 valence electrons. The molecule has 1 aromatic heterocycles. The molecular weight excluding hydrogens is 358 g/mol. The maximum atomic E-state index is 13.1. The molecule has 7 heteroatoms. The van der Waals surface area contributed by atoms with E-state index in [1.165, 1.54) is 6.92 Å². The summed E-state index contributed by atoms with van der Waals surface area (Å²) in [5, 5.41) is 3.33. The first-order valence-corrected chi connectivity index (χ1v) is 9.68. The molecule has 1 aliphatic heterocycles. The fourth-order valence-corrected chi connectivity index (χ4v) is 3.94. The highest BCUT2D eigenvalue weighted by atomic mass is 16.5. The molecular formula is C21H23N3O4. The van der Waals surface area contributed by atoms with Gasteiger partial charge >= 0.3 is 12.0 Å². The van der Waals surface area contributed by atoms with Gasteiger partial charge in [0.1, 0.15) is 0 Å². The van der Waals surface area contributed by atoms with E-state index < -0.39 is 24.0 Å². The molecule has 2 aromatic rings. The smallest absolute Gasteiger partial charge is 0.339 e. The van der Waals surface area contributed by atoms with Crippen LogP contribution >= 0.6 is 0 Å². The van der Waals surface area contributed by atoms with Crippen molar-refractivity contribution in [2.45, 2.75) is 45.6 Å². The van der Waals surface area contributed by atoms with Crippen LogP contribution < -0.4 is 5.32 Å². The van der Waals surface area contributed by atoms with Gasteiger partial charge in [-0.1, -0.05) is 11.6 Å². The zero-order valence-electron chi connectivity index (χ0n) is 16.1. The summed E-state index contributed by atoms with van der Waals surface area (Å²) in [6, 6.07) is 5.38. The van der Waals surface area contributed by atoms with E-state index in [-0.39, 0.29) is 6.54 Å². The Kier molecular flexibility index (Phi) is 4.75. The lowest BCUT2D eigenvalue weighted by molar-refractivity contribution is -0.136. The van der Waals surface area contributed by atoms with Gasteiger partial charge in [-0.3, -0.25) is 14.7 Å². The Morgan fingerprint density at radius 1 is 1.25 bits per heavy atom. The normalized spacial score (nSPS) is 17.2. The predicted molar refractivity (Wildman–Crippen MR) is 103 cm³/mol. The minimum atomic E-state index is -1.04. The molecule has 28 heavy (non-hydrogen) atoms. The van der Waals surface area contributed by atoms with Gasteiger partial charge in [-0.15, -0.1) is 0 Å². The van der Waals surface area contributed by atoms with E-state index in [0.717, 1.165) is 58.3 Å². The van der Waals surface area contributed by atoms with Crippen LogP contribution in [0.5, 0.6) is 0 Å². The Hall–Kier alpha value is -2.96. The van der Waals surface area contributed by atoms with Crippen LogP contribution in [0.15, 0.2) is 18.2 Å². The standard InChI is InChI=1S/C21H23N3O4/c1-12-7-8-17-15(11-12)18(14-5-3-4-6-16(14)23-17)20(26)28-13(2)19(25)24-10-9-22-21(24)27/h7-8,11,13H,3-6,9-10H2,1-2H3,(H,22,27). The van der Waals surface area contributed by atoms with Gasteiger partial charge in [-0.2, -0.15) is 0 Å². The van der Waals surface area contributed by atoms with Crippen LogP contribution in [0.25, 0.3) is 10.9 Å². The second-order valence-corrected chi connectivity index (χ2v) is 7.41. The number of nitrogens with zero attached hydrogens (tertiary/aromatic N) is 2. The van der Waals surface area contributed by atoms with E-state index >= 15 is 0 Å². The number of hydrogen-bond acceptors (Lipinski definition) is 5. The molecule has 1 saturated heterocycles. The molecule has 7 nitrogen and oxygen atoms in total. The molecule has 1 fully saturated rings. The lowest BCUT2D eigenvalue weighted by atomic mass is 9.89. The van der Waals surface area contributed by atoms with Crippen LogP contribution in [0.2, 0.25) is 0 Å². The molecule has 1 aromatic carbocycles. The van der Waals surface area contributed by atoms with E-state index in [2.05, 4.69) is 5.32 Å². The number of rotatable bonds is 3. The molecule has 0 bridgehead atoms. The van der Waals surface area contributed by atoms with Gasteiger partial charge in [0.15, 0.2) is 6.10 Å². The average molecular weight is 381 g/mol. The number of ether oxygens (including phenoxy) is 1. The second kappa shape index (κ2) is 7.22. The predicted octanol–water partition coefficient (Wildman–Crippen LogP) is 2.52. The van der Waals surface area contributed by atoms with E-state index in [1.54, 1.807) is 0 Å². The van der Waals surface area contributed by atoms with Crippen molar-refractivity contribution in [2.24, 2.45) is 0 Å². The number of amides is 3. The Balaban J connectivity index is 1.69. The molecule has 2 heterocycles. The van der Waals surface area contributed by atoms with Crippen molar-refractivity contribution in [3.63, 3.8) is 0 Å². The summed E-state index contributed by atoms with van der Waals surface area (Å²) in [7, 11) is 0. The number of fused-ring (bicyclic) bond motifs is 2. The molecule has 3 amide bonds. The number of hydrogen-bond donors (Lipinski definition) is 1. The van der Waals surface area contributed by atoms with Crippen LogP contribution in [0.1, 0.15) is 46.9 Å². The summed E-state index contributed by atoms with van der Waals surface area (Å²) in [6.45, 7) is 4.17. The summed E-state index contributed by atoms with van der Waals surface area (Å²) in [4.78, 5) is 43.2. The van der Waals surface area contributed by atoms with E-state index in [9.17, 15) is 14.4 Å². The number of carbonyl (C=O) groups excluding carboxylic acids is 3. The molecule has 2 aliphatic rings. The number of imide groups is 1. The van der Waals surface area contributed by atoms with Gasteiger partial charge < -0.3 is 10.1 Å². The topological polar surface area (TPSA) is 88.6 Å². The van der Waals surface area contributed by atoms with Crippen LogP contribution in [-0.2, 0) is 22.4 Å². The van der Waals surface area contributed by atoms with E-state index in [1.807, 2.05) is 25.1 Å². The molecule has 1 unspecified atom stereocenters. The van der Waals surface area contributed by atoms with Crippen molar-refractivity contribution in [2.75, 3.05) is 13.1 Å². The van der Waals surface area contributed by atoms with E-state index in [0.29, 0.717) is 12.1 Å². The monoisotopic (exact) mass is 381 g/mol. The second-order valence-electron chi connectivity index (χ2n) is 7.41.